The highest BCUT2D eigenvalue weighted by molar-refractivity contribution is 5.57. The Morgan fingerprint density at radius 2 is 1.89 bits per heavy atom. The molecule has 0 saturated carbocycles. The fourth-order valence-corrected chi connectivity index (χ4v) is 1.62. The Balaban J connectivity index is 2.28. The van der Waals surface area contributed by atoms with E-state index >= 15 is 0 Å². The highest BCUT2D eigenvalue weighted by atomic mass is 16.5. The first-order valence-corrected chi connectivity index (χ1v) is 6.12. The smallest absolute Gasteiger partial charge is 0.316 e. The van der Waals surface area contributed by atoms with Crippen LogP contribution in [0.15, 0.2) is 30.7 Å². The van der Waals surface area contributed by atoms with Crippen LogP contribution in [0.25, 0.3) is 11.3 Å². The van der Waals surface area contributed by atoms with Crippen molar-refractivity contribution in [1.82, 2.24) is 15.0 Å². The van der Waals surface area contributed by atoms with Crippen LogP contribution in [0.5, 0.6) is 6.01 Å². The molecule has 4 nitrogen and oxygen atoms in total. The number of nitrogens with zero attached hydrogens (tertiary/aromatic N) is 3. The van der Waals surface area contributed by atoms with Gasteiger partial charge >= 0.3 is 6.01 Å². The predicted molar refractivity (Wildman–Crippen MR) is 70.5 cm³/mol. The van der Waals surface area contributed by atoms with Gasteiger partial charge in [-0.2, -0.15) is 0 Å². The zero-order valence-corrected chi connectivity index (χ0v) is 10.9. The topological polar surface area (TPSA) is 47.9 Å². The van der Waals surface area contributed by atoms with Crippen molar-refractivity contribution >= 4 is 0 Å². The highest BCUT2D eigenvalue weighted by Crippen LogP contribution is 2.21. The third-order valence-electron chi connectivity index (χ3n) is 2.65. The van der Waals surface area contributed by atoms with E-state index in [9.17, 15) is 0 Å². The van der Waals surface area contributed by atoms with Gasteiger partial charge in [0.25, 0.3) is 0 Å². The predicted octanol–water partition coefficient (Wildman–Crippen LogP) is 3.06. The van der Waals surface area contributed by atoms with E-state index in [1.807, 2.05) is 19.2 Å². The van der Waals surface area contributed by atoms with E-state index in [1.165, 1.54) is 5.56 Å². The molecule has 0 saturated heterocycles. The number of aromatic nitrogens is 3. The van der Waals surface area contributed by atoms with E-state index in [4.69, 9.17) is 4.74 Å². The van der Waals surface area contributed by atoms with Gasteiger partial charge in [-0.15, -0.1) is 0 Å². The Hall–Kier alpha value is -1.97. The summed E-state index contributed by atoms with van der Waals surface area (Å²) in [5.74, 6) is 0.482. The summed E-state index contributed by atoms with van der Waals surface area (Å²) in [5.41, 5.74) is 3.05. The Bertz CT molecular complexity index is 509. The normalized spacial score (nSPS) is 10.7. The maximum atomic E-state index is 5.22. The van der Waals surface area contributed by atoms with Crippen LogP contribution in [0, 0.1) is 0 Å². The van der Waals surface area contributed by atoms with Crippen molar-refractivity contribution in [3.8, 4) is 17.3 Å². The van der Waals surface area contributed by atoms with E-state index < -0.39 is 0 Å². The molecule has 2 aromatic heterocycles. The van der Waals surface area contributed by atoms with Gasteiger partial charge < -0.3 is 4.74 Å². The minimum Gasteiger partial charge on any atom is -0.464 e. The van der Waals surface area contributed by atoms with Crippen molar-refractivity contribution < 1.29 is 4.74 Å². The number of hydrogen-bond acceptors (Lipinski definition) is 4. The molecule has 0 spiro atoms. The number of pyridine rings is 1. The SMILES string of the molecule is CCOc1ncc(-c2cc(C(C)C)ccn2)cn1. The molecule has 94 valence electrons. The largest absolute Gasteiger partial charge is 0.464 e. The van der Waals surface area contributed by atoms with Crippen LogP contribution in [0.2, 0.25) is 0 Å². The molecule has 0 amide bonds. The zero-order valence-electron chi connectivity index (χ0n) is 10.9. The molecule has 2 aromatic rings. The minimum absolute atomic E-state index is 0.404. The van der Waals surface area contributed by atoms with Crippen molar-refractivity contribution in [2.24, 2.45) is 0 Å². The van der Waals surface area contributed by atoms with Crippen molar-refractivity contribution in [2.75, 3.05) is 6.61 Å². The molecule has 0 radical (unpaired) electrons. The molecule has 0 aliphatic heterocycles. The minimum atomic E-state index is 0.404. The monoisotopic (exact) mass is 243 g/mol. The number of rotatable bonds is 4. The summed E-state index contributed by atoms with van der Waals surface area (Å²) in [6.07, 6.45) is 5.30. The fourth-order valence-electron chi connectivity index (χ4n) is 1.62. The quantitative estimate of drug-likeness (QED) is 0.828. The molecule has 0 unspecified atom stereocenters. The van der Waals surface area contributed by atoms with Gasteiger partial charge in [0.1, 0.15) is 0 Å². The van der Waals surface area contributed by atoms with E-state index in [0.29, 0.717) is 18.5 Å². The van der Waals surface area contributed by atoms with Crippen molar-refractivity contribution in [1.29, 1.82) is 0 Å². The second-order valence-electron chi connectivity index (χ2n) is 4.32. The van der Waals surface area contributed by atoms with Gasteiger partial charge in [-0.05, 0) is 30.5 Å². The lowest BCUT2D eigenvalue weighted by atomic mass is 10.0. The fraction of sp³-hybridized carbons (Fsp3) is 0.357. The Labute approximate surface area is 107 Å². The zero-order chi connectivity index (χ0) is 13.0. The molecule has 0 aromatic carbocycles. The molecule has 2 heterocycles. The average molecular weight is 243 g/mol. The molecule has 18 heavy (non-hydrogen) atoms. The van der Waals surface area contributed by atoms with Gasteiger partial charge in [0.15, 0.2) is 0 Å². The van der Waals surface area contributed by atoms with Crippen LogP contribution in [-0.2, 0) is 0 Å². The summed E-state index contributed by atoms with van der Waals surface area (Å²) in [6.45, 7) is 6.80. The second-order valence-corrected chi connectivity index (χ2v) is 4.32. The second kappa shape index (κ2) is 5.58. The summed E-state index contributed by atoms with van der Waals surface area (Å²) in [4.78, 5) is 12.6. The summed E-state index contributed by atoms with van der Waals surface area (Å²) < 4.78 is 5.22. The van der Waals surface area contributed by atoms with Gasteiger partial charge in [-0.25, -0.2) is 9.97 Å². The van der Waals surface area contributed by atoms with Crippen molar-refractivity contribution in [2.45, 2.75) is 26.7 Å². The molecule has 2 rings (SSSR count). The molecule has 4 heteroatoms. The van der Waals surface area contributed by atoms with Crippen molar-refractivity contribution in [3.05, 3.63) is 36.3 Å². The van der Waals surface area contributed by atoms with Crippen molar-refractivity contribution in [3.63, 3.8) is 0 Å². The number of hydrogen-bond donors (Lipinski definition) is 0. The maximum Gasteiger partial charge on any atom is 0.316 e. The Morgan fingerprint density at radius 3 is 2.50 bits per heavy atom. The Kier molecular flexibility index (Phi) is 3.87. The van der Waals surface area contributed by atoms with E-state index in [1.54, 1.807) is 12.4 Å². The molecule has 0 aliphatic carbocycles. The molecular weight excluding hydrogens is 226 g/mol. The first-order valence-electron chi connectivity index (χ1n) is 6.12. The standard InChI is InChI=1S/C14H17N3O/c1-4-18-14-16-8-12(9-17-14)13-7-11(10(2)3)5-6-15-13/h5-10H,4H2,1-3H3. The van der Waals surface area contributed by atoms with Gasteiger partial charge in [0, 0.05) is 24.2 Å². The van der Waals surface area contributed by atoms with Crippen LogP contribution in [0.4, 0.5) is 0 Å². The van der Waals surface area contributed by atoms with E-state index in [0.717, 1.165) is 11.3 Å². The summed E-state index contributed by atoms with van der Waals surface area (Å²) in [7, 11) is 0. The molecule has 0 atom stereocenters. The van der Waals surface area contributed by atoms with E-state index in [2.05, 4.69) is 34.9 Å². The molecule has 0 N–H and O–H groups in total. The van der Waals surface area contributed by atoms with E-state index in [-0.39, 0.29) is 0 Å². The molecule has 0 fully saturated rings. The lowest BCUT2D eigenvalue weighted by Crippen LogP contribution is -1.97. The van der Waals surface area contributed by atoms with Crippen LogP contribution in [0.1, 0.15) is 32.3 Å². The summed E-state index contributed by atoms with van der Waals surface area (Å²) >= 11 is 0. The summed E-state index contributed by atoms with van der Waals surface area (Å²) in [6, 6.07) is 4.51. The third kappa shape index (κ3) is 2.83. The first kappa shape index (κ1) is 12.5. The van der Waals surface area contributed by atoms with Gasteiger partial charge in [0.2, 0.25) is 0 Å². The van der Waals surface area contributed by atoms with Gasteiger partial charge in [0.05, 0.1) is 12.3 Å². The molecule has 0 aliphatic rings. The first-order chi connectivity index (χ1) is 8.70. The molecular formula is C14H17N3O. The summed E-state index contributed by atoms with van der Waals surface area (Å²) in [5, 5.41) is 0. The maximum absolute atomic E-state index is 5.22. The van der Waals surface area contributed by atoms with Crippen LogP contribution >= 0.6 is 0 Å². The Morgan fingerprint density at radius 1 is 1.17 bits per heavy atom. The third-order valence-corrected chi connectivity index (χ3v) is 2.65. The average Bonchev–Trinajstić information content (AvgIpc) is 2.40. The lowest BCUT2D eigenvalue weighted by Gasteiger charge is -2.07. The van der Waals surface area contributed by atoms with Gasteiger partial charge in [-0.3, -0.25) is 4.98 Å². The van der Waals surface area contributed by atoms with Crippen LogP contribution in [-0.4, -0.2) is 21.6 Å². The molecule has 0 bridgehead atoms. The van der Waals surface area contributed by atoms with Crippen LogP contribution in [0.3, 0.4) is 0 Å². The number of ether oxygens (including phenoxy) is 1. The van der Waals surface area contributed by atoms with Gasteiger partial charge in [-0.1, -0.05) is 13.8 Å². The highest BCUT2D eigenvalue weighted by Gasteiger charge is 2.05. The lowest BCUT2D eigenvalue weighted by molar-refractivity contribution is 0.312. The van der Waals surface area contributed by atoms with Crippen LogP contribution < -0.4 is 4.74 Å².